The molecule has 0 aliphatic carbocycles. The number of hydrogen-bond acceptors (Lipinski definition) is 3. The van der Waals surface area contributed by atoms with Crippen LogP contribution in [0.2, 0.25) is 0 Å². The quantitative estimate of drug-likeness (QED) is 0.658. The van der Waals surface area contributed by atoms with Crippen LogP contribution in [-0.4, -0.2) is 12.3 Å². The first kappa shape index (κ1) is 12.9. The second-order valence-electron chi connectivity index (χ2n) is 2.89. The molecule has 0 heterocycles. The monoisotopic (exact) mass is 218 g/mol. The Morgan fingerprint density at radius 1 is 1.38 bits per heavy atom. The lowest BCUT2D eigenvalue weighted by atomic mass is 10.1. The van der Waals surface area contributed by atoms with E-state index in [4.69, 9.17) is 0 Å². The first-order valence-corrected chi connectivity index (χ1v) is 5.44. The van der Waals surface area contributed by atoms with Crippen molar-refractivity contribution in [2.24, 2.45) is 5.92 Å². The van der Waals surface area contributed by atoms with Crippen LogP contribution in [-0.2, 0) is 4.57 Å². The summed E-state index contributed by atoms with van der Waals surface area (Å²) in [7, 11) is -4.82. The second-order valence-corrected chi connectivity index (χ2v) is 4.47. The molecule has 80 valence electrons. The summed E-state index contributed by atoms with van der Waals surface area (Å²) in [5, 5.41) is 0. The zero-order valence-corrected chi connectivity index (χ0v) is 7.90. The summed E-state index contributed by atoms with van der Waals surface area (Å²) in [6, 6.07) is 0. The standard InChI is InChI=1S/C6H12F3O3P/c1-2-5(3-6(7,8)9)4-13(10,11)12/h5H,2-4H2,1H3,(H2,10,11,12)/p-2. The van der Waals surface area contributed by atoms with Gasteiger partial charge in [0.15, 0.2) is 0 Å². The molecule has 0 radical (unpaired) electrons. The van der Waals surface area contributed by atoms with Crippen LogP contribution in [0.25, 0.3) is 0 Å². The van der Waals surface area contributed by atoms with Crippen molar-refractivity contribution < 1.29 is 27.5 Å². The summed E-state index contributed by atoms with van der Waals surface area (Å²) in [5.74, 6) is -1.11. The van der Waals surface area contributed by atoms with Gasteiger partial charge in [-0.15, -0.1) is 0 Å². The van der Waals surface area contributed by atoms with Gasteiger partial charge in [-0.1, -0.05) is 20.9 Å². The number of hydrogen-bond donors (Lipinski definition) is 0. The Morgan fingerprint density at radius 3 is 2.08 bits per heavy atom. The van der Waals surface area contributed by atoms with Gasteiger partial charge in [0, 0.05) is 6.42 Å². The molecular weight excluding hydrogens is 208 g/mol. The topological polar surface area (TPSA) is 63.2 Å². The van der Waals surface area contributed by atoms with Gasteiger partial charge in [-0.3, -0.25) is 0 Å². The lowest BCUT2D eigenvalue weighted by Crippen LogP contribution is -2.25. The van der Waals surface area contributed by atoms with Gasteiger partial charge in [0.05, 0.1) is 0 Å². The highest BCUT2D eigenvalue weighted by Crippen LogP contribution is 2.34. The minimum absolute atomic E-state index is 0.0357. The van der Waals surface area contributed by atoms with Gasteiger partial charge in [-0.25, -0.2) is 0 Å². The van der Waals surface area contributed by atoms with Gasteiger partial charge in [-0.2, -0.15) is 13.2 Å². The van der Waals surface area contributed by atoms with Crippen LogP contribution < -0.4 is 9.79 Å². The molecule has 0 amide bonds. The molecule has 0 fully saturated rings. The Morgan fingerprint density at radius 2 is 1.85 bits per heavy atom. The maximum absolute atomic E-state index is 11.8. The van der Waals surface area contributed by atoms with Gasteiger partial charge in [-0.05, 0) is 12.1 Å². The van der Waals surface area contributed by atoms with E-state index in [0.717, 1.165) is 0 Å². The molecule has 0 aromatic heterocycles. The molecule has 0 spiro atoms. The van der Waals surface area contributed by atoms with Crippen LogP contribution in [0.15, 0.2) is 0 Å². The molecule has 1 atom stereocenters. The van der Waals surface area contributed by atoms with Crippen LogP contribution in [0.1, 0.15) is 19.8 Å². The van der Waals surface area contributed by atoms with Gasteiger partial charge in [0.1, 0.15) is 0 Å². The molecular formula is C6H10F3O3P-2. The maximum Gasteiger partial charge on any atom is 0.389 e. The molecule has 0 aromatic carbocycles. The molecule has 0 aliphatic heterocycles. The average molecular weight is 218 g/mol. The van der Waals surface area contributed by atoms with Crippen LogP contribution in [0, 0.1) is 5.92 Å². The van der Waals surface area contributed by atoms with E-state index >= 15 is 0 Å². The summed E-state index contributed by atoms with van der Waals surface area (Å²) in [4.78, 5) is 20.4. The predicted octanol–water partition coefficient (Wildman–Crippen LogP) is 0.879. The van der Waals surface area contributed by atoms with Gasteiger partial charge in [0.2, 0.25) is 0 Å². The third kappa shape index (κ3) is 8.28. The van der Waals surface area contributed by atoms with Gasteiger partial charge < -0.3 is 14.4 Å². The van der Waals surface area contributed by atoms with Crippen molar-refractivity contribution in [3.05, 3.63) is 0 Å². The van der Waals surface area contributed by atoms with Crippen LogP contribution >= 0.6 is 7.60 Å². The van der Waals surface area contributed by atoms with Crippen molar-refractivity contribution >= 4 is 7.60 Å². The Kier molecular flexibility index (Phi) is 4.42. The molecule has 3 nitrogen and oxygen atoms in total. The lowest BCUT2D eigenvalue weighted by Gasteiger charge is -2.33. The second kappa shape index (κ2) is 4.44. The largest absolute Gasteiger partial charge is 0.811 e. The van der Waals surface area contributed by atoms with E-state index in [0.29, 0.717) is 0 Å². The molecule has 0 N–H and O–H groups in total. The van der Waals surface area contributed by atoms with E-state index in [2.05, 4.69) is 0 Å². The van der Waals surface area contributed by atoms with Crippen molar-refractivity contribution in [2.75, 3.05) is 6.16 Å². The Balaban J connectivity index is 4.13. The fourth-order valence-corrected chi connectivity index (χ4v) is 2.00. The predicted molar refractivity (Wildman–Crippen MR) is 36.9 cm³/mol. The molecule has 0 aromatic rings. The SMILES string of the molecule is CCC(CC(F)(F)F)CP(=O)([O-])[O-]. The minimum Gasteiger partial charge on any atom is -0.811 e. The van der Waals surface area contributed by atoms with Gasteiger partial charge in [0.25, 0.3) is 0 Å². The van der Waals surface area contributed by atoms with Gasteiger partial charge >= 0.3 is 6.18 Å². The molecule has 0 bridgehead atoms. The molecule has 13 heavy (non-hydrogen) atoms. The van der Waals surface area contributed by atoms with Crippen molar-refractivity contribution in [2.45, 2.75) is 25.9 Å². The zero-order valence-electron chi connectivity index (χ0n) is 7.00. The first-order chi connectivity index (χ1) is 5.64. The Labute approximate surface area is 74.1 Å². The highest BCUT2D eigenvalue weighted by atomic mass is 31.2. The van der Waals surface area contributed by atoms with E-state index < -0.39 is 32.3 Å². The van der Waals surface area contributed by atoms with Crippen LogP contribution in [0.4, 0.5) is 13.2 Å². The maximum atomic E-state index is 11.8. The molecule has 0 saturated heterocycles. The van der Waals surface area contributed by atoms with Crippen molar-refractivity contribution in [3.8, 4) is 0 Å². The van der Waals surface area contributed by atoms with Crippen LogP contribution in [0.3, 0.4) is 0 Å². The lowest BCUT2D eigenvalue weighted by molar-refractivity contribution is -0.314. The van der Waals surface area contributed by atoms with E-state index in [1.165, 1.54) is 6.92 Å². The summed E-state index contributed by atoms with van der Waals surface area (Å²) in [6.07, 6.45) is -6.50. The van der Waals surface area contributed by atoms with Crippen molar-refractivity contribution in [1.82, 2.24) is 0 Å². The van der Waals surface area contributed by atoms with Crippen molar-refractivity contribution in [3.63, 3.8) is 0 Å². The number of halogens is 3. The minimum atomic E-state index is -4.82. The molecule has 7 heteroatoms. The Bertz CT molecular complexity index is 198. The molecule has 1 unspecified atom stereocenters. The zero-order chi connectivity index (χ0) is 10.7. The van der Waals surface area contributed by atoms with E-state index in [9.17, 15) is 27.5 Å². The molecule has 0 rings (SSSR count). The fourth-order valence-electron chi connectivity index (χ4n) is 0.982. The normalized spacial score (nSPS) is 15.8. The highest BCUT2D eigenvalue weighted by Gasteiger charge is 2.31. The summed E-state index contributed by atoms with van der Waals surface area (Å²) in [6.45, 7) is 1.42. The van der Waals surface area contributed by atoms with E-state index in [1.807, 2.05) is 0 Å². The van der Waals surface area contributed by atoms with E-state index in [1.54, 1.807) is 0 Å². The third-order valence-corrected chi connectivity index (χ3v) is 2.54. The number of rotatable bonds is 4. The first-order valence-electron chi connectivity index (χ1n) is 3.72. The van der Waals surface area contributed by atoms with Crippen molar-refractivity contribution in [1.29, 1.82) is 0 Å². The summed E-state index contributed by atoms with van der Waals surface area (Å²) in [5.41, 5.74) is 0. The molecule has 0 aliphatic rings. The average Bonchev–Trinajstić information content (AvgIpc) is 1.79. The number of alkyl halides is 3. The summed E-state index contributed by atoms with van der Waals surface area (Å²) < 4.78 is 45.5. The molecule has 0 saturated carbocycles. The van der Waals surface area contributed by atoms with E-state index in [-0.39, 0.29) is 6.42 Å². The third-order valence-electron chi connectivity index (χ3n) is 1.58. The van der Waals surface area contributed by atoms with Crippen LogP contribution in [0.5, 0.6) is 0 Å². The fraction of sp³-hybridized carbons (Fsp3) is 1.00. The smallest absolute Gasteiger partial charge is 0.389 e. The summed E-state index contributed by atoms with van der Waals surface area (Å²) >= 11 is 0. The highest BCUT2D eigenvalue weighted by molar-refractivity contribution is 7.48. The Hall–Kier alpha value is -0.0600.